The van der Waals surface area contributed by atoms with Gasteiger partial charge in [0, 0.05) is 18.8 Å². The van der Waals surface area contributed by atoms with Crippen LogP contribution in [0.5, 0.6) is 0 Å². The van der Waals surface area contributed by atoms with Crippen LogP contribution in [-0.2, 0) is 4.79 Å². The van der Waals surface area contributed by atoms with E-state index in [9.17, 15) is 18.0 Å². The Hall–Kier alpha value is -1.98. The fourth-order valence-corrected chi connectivity index (χ4v) is 1.25. The van der Waals surface area contributed by atoms with Crippen molar-refractivity contribution in [3.63, 3.8) is 0 Å². The van der Waals surface area contributed by atoms with Gasteiger partial charge in [0.15, 0.2) is 0 Å². The molecular formula is C12H13F3N2O. The number of hydrogen-bond donors (Lipinski definition) is 1. The molecule has 1 rings (SSSR count). The van der Waals surface area contributed by atoms with Gasteiger partial charge in [-0.25, -0.2) is 0 Å². The predicted octanol–water partition coefficient (Wildman–Crippen LogP) is 2.30. The number of hydrogen-bond acceptors (Lipinski definition) is 2. The van der Waals surface area contributed by atoms with Gasteiger partial charge in [0.25, 0.3) is 0 Å². The average molecular weight is 258 g/mol. The summed E-state index contributed by atoms with van der Waals surface area (Å²) in [6.07, 6.45) is -1.86. The van der Waals surface area contributed by atoms with E-state index < -0.39 is 18.6 Å². The van der Waals surface area contributed by atoms with Crippen LogP contribution in [0.3, 0.4) is 0 Å². The van der Waals surface area contributed by atoms with Crippen molar-refractivity contribution in [1.29, 1.82) is 0 Å². The van der Waals surface area contributed by atoms with Crippen molar-refractivity contribution in [2.45, 2.75) is 6.18 Å². The van der Waals surface area contributed by atoms with Crippen LogP contribution in [0, 0.1) is 0 Å². The zero-order valence-corrected chi connectivity index (χ0v) is 9.74. The Labute approximate surface area is 103 Å². The Morgan fingerprint density at radius 2 is 1.89 bits per heavy atom. The third kappa shape index (κ3) is 4.90. The van der Waals surface area contributed by atoms with Gasteiger partial charge < -0.3 is 10.6 Å². The first-order valence-electron chi connectivity index (χ1n) is 5.13. The lowest BCUT2D eigenvalue weighted by atomic mass is 10.2. The van der Waals surface area contributed by atoms with Crippen LogP contribution in [0.1, 0.15) is 5.56 Å². The van der Waals surface area contributed by atoms with Gasteiger partial charge in [-0.2, -0.15) is 13.2 Å². The normalized spacial score (nSPS) is 11.8. The van der Waals surface area contributed by atoms with E-state index in [1.165, 1.54) is 6.08 Å². The number of nitrogens with two attached hydrogens (primary N) is 1. The second-order valence-electron chi connectivity index (χ2n) is 3.81. The lowest BCUT2D eigenvalue weighted by molar-refractivity contribution is -0.155. The third-order valence-corrected chi connectivity index (χ3v) is 2.15. The number of nitrogen functional groups attached to an aromatic ring is 1. The second kappa shape index (κ2) is 5.57. The molecule has 0 fully saturated rings. The molecule has 6 heteroatoms. The number of anilines is 1. The standard InChI is InChI=1S/C12H13F3N2O/c1-17(8-12(13,14)15)11(18)7-4-9-2-5-10(16)6-3-9/h2-7H,8,16H2,1H3/b7-4+. The Balaban J connectivity index is 2.61. The summed E-state index contributed by atoms with van der Waals surface area (Å²) in [6, 6.07) is 6.62. The number of nitrogens with zero attached hydrogens (tertiary/aromatic N) is 1. The number of amides is 1. The number of alkyl halides is 3. The number of carbonyl (C=O) groups is 1. The van der Waals surface area contributed by atoms with Gasteiger partial charge in [0.2, 0.25) is 5.91 Å². The molecule has 2 N–H and O–H groups in total. The quantitative estimate of drug-likeness (QED) is 0.668. The first-order valence-corrected chi connectivity index (χ1v) is 5.13. The lowest BCUT2D eigenvalue weighted by Crippen LogP contribution is -2.34. The van der Waals surface area contributed by atoms with E-state index in [2.05, 4.69) is 0 Å². The highest BCUT2D eigenvalue weighted by molar-refractivity contribution is 5.91. The van der Waals surface area contributed by atoms with Gasteiger partial charge in [-0.3, -0.25) is 4.79 Å². The molecule has 98 valence electrons. The third-order valence-electron chi connectivity index (χ3n) is 2.15. The zero-order valence-electron chi connectivity index (χ0n) is 9.74. The minimum atomic E-state index is -4.39. The van der Waals surface area contributed by atoms with Gasteiger partial charge >= 0.3 is 6.18 Å². The van der Waals surface area contributed by atoms with E-state index in [1.807, 2.05) is 0 Å². The van der Waals surface area contributed by atoms with Gasteiger partial charge in [-0.1, -0.05) is 12.1 Å². The molecule has 1 aromatic rings. The maximum atomic E-state index is 12.0. The second-order valence-corrected chi connectivity index (χ2v) is 3.81. The van der Waals surface area contributed by atoms with Crippen molar-refractivity contribution in [3.05, 3.63) is 35.9 Å². The molecule has 1 aromatic carbocycles. The summed E-state index contributed by atoms with van der Waals surface area (Å²) in [5.41, 5.74) is 6.75. The summed E-state index contributed by atoms with van der Waals surface area (Å²) in [6.45, 7) is -1.27. The zero-order chi connectivity index (χ0) is 13.8. The SMILES string of the molecule is CN(CC(F)(F)F)C(=O)/C=C/c1ccc(N)cc1. The highest BCUT2D eigenvalue weighted by atomic mass is 19.4. The maximum absolute atomic E-state index is 12.0. The van der Waals surface area contributed by atoms with Crippen molar-refractivity contribution in [3.8, 4) is 0 Å². The van der Waals surface area contributed by atoms with Crippen LogP contribution >= 0.6 is 0 Å². The van der Waals surface area contributed by atoms with Gasteiger partial charge in [0.1, 0.15) is 6.54 Å². The Bertz CT molecular complexity index is 438. The number of likely N-dealkylation sites (N-methyl/N-ethyl adjacent to an activating group) is 1. The minimum Gasteiger partial charge on any atom is -0.399 e. The van der Waals surface area contributed by atoms with Crippen molar-refractivity contribution in [2.24, 2.45) is 0 Å². The molecule has 0 atom stereocenters. The summed E-state index contributed by atoms with van der Waals surface area (Å²) in [4.78, 5) is 12.0. The number of benzene rings is 1. The first-order chi connectivity index (χ1) is 8.28. The van der Waals surface area contributed by atoms with E-state index in [4.69, 9.17) is 5.73 Å². The van der Waals surface area contributed by atoms with Crippen LogP contribution in [0.2, 0.25) is 0 Å². The van der Waals surface area contributed by atoms with Crippen LogP contribution in [-0.4, -0.2) is 30.6 Å². The maximum Gasteiger partial charge on any atom is 0.406 e. The van der Waals surface area contributed by atoms with E-state index in [-0.39, 0.29) is 0 Å². The van der Waals surface area contributed by atoms with Gasteiger partial charge in [-0.15, -0.1) is 0 Å². The number of rotatable bonds is 3. The fraction of sp³-hybridized carbons (Fsp3) is 0.250. The molecule has 1 amide bonds. The van der Waals surface area contributed by atoms with Gasteiger partial charge in [-0.05, 0) is 23.8 Å². The molecular weight excluding hydrogens is 245 g/mol. The molecule has 0 aliphatic rings. The molecule has 0 heterocycles. The van der Waals surface area contributed by atoms with Gasteiger partial charge in [0.05, 0.1) is 0 Å². The fourth-order valence-electron chi connectivity index (χ4n) is 1.25. The lowest BCUT2D eigenvalue weighted by Gasteiger charge is -2.16. The minimum absolute atomic E-state index is 0.577. The molecule has 0 aliphatic heterocycles. The average Bonchev–Trinajstić information content (AvgIpc) is 2.25. The molecule has 0 saturated carbocycles. The Morgan fingerprint density at radius 3 is 2.39 bits per heavy atom. The van der Waals surface area contributed by atoms with Crippen molar-refractivity contribution in [2.75, 3.05) is 19.3 Å². The highest BCUT2D eigenvalue weighted by Gasteiger charge is 2.30. The molecule has 0 radical (unpaired) electrons. The van der Waals surface area contributed by atoms with Crippen molar-refractivity contribution >= 4 is 17.7 Å². The smallest absolute Gasteiger partial charge is 0.399 e. The summed E-state index contributed by atoms with van der Waals surface area (Å²) < 4.78 is 36.1. The van der Waals surface area contributed by atoms with E-state index in [0.717, 1.165) is 13.1 Å². The molecule has 0 aromatic heterocycles. The van der Waals surface area contributed by atoms with Crippen LogP contribution in [0.15, 0.2) is 30.3 Å². The molecule has 3 nitrogen and oxygen atoms in total. The Kier molecular flexibility index (Phi) is 4.36. The summed E-state index contributed by atoms with van der Waals surface area (Å²) in [7, 11) is 1.10. The van der Waals surface area contributed by atoms with Crippen LogP contribution in [0.4, 0.5) is 18.9 Å². The number of halogens is 3. The molecule has 0 bridgehead atoms. The topological polar surface area (TPSA) is 46.3 Å². The van der Waals surface area contributed by atoms with Crippen molar-refractivity contribution in [1.82, 2.24) is 4.90 Å². The van der Waals surface area contributed by atoms with E-state index in [1.54, 1.807) is 24.3 Å². The monoisotopic (exact) mass is 258 g/mol. The molecule has 18 heavy (non-hydrogen) atoms. The first kappa shape index (κ1) is 14.1. The van der Waals surface area contributed by atoms with E-state index >= 15 is 0 Å². The molecule has 0 saturated heterocycles. The Morgan fingerprint density at radius 1 is 1.33 bits per heavy atom. The predicted molar refractivity (Wildman–Crippen MR) is 63.6 cm³/mol. The van der Waals surface area contributed by atoms with Crippen LogP contribution < -0.4 is 5.73 Å². The molecule has 0 unspecified atom stereocenters. The van der Waals surface area contributed by atoms with E-state index in [0.29, 0.717) is 16.2 Å². The van der Waals surface area contributed by atoms with Crippen molar-refractivity contribution < 1.29 is 18.0 Å². The summed E-state index contributed by atoms with van der Waals surface area (Å²) >= 11 is 0. The number of carbonyl (C=O) groups excluding carboxylic acids is 1. The molecule has 0 aliphatic carbocycles. The summed E-state index contributed by atoms with van der Waals surface area (Å²) in [5, 5.41) is 0. The summed E-state index contributed by atoms with van der Waals surface area (Å²) in [5.74, 6) is -0.704. The highest BCUT2D eigenvalue weighted by Crippen LogP contribution is 2.15. The molecule has 0 spiro atoms. The largest absolute Gasteiger partial charge is 0.406 e. The van der Waals surface area contributed by atoms with Crippen LogP contribution in [0.25, 0.3) is 6.08 Å².